The highest BCUT2D eigenvalue weighted by Crippen LogP contribution is 2.67. The van der Waals surface area contributed by atoms with Gasteiger partial charge in [0.15, 0.2) is 0 Å². The molecule has 1 amide bonds. The minimum absolute atomic E-state index is 0.0380. The van der Waals surface area contributed by atoms with Crippen LogP contribution < -0.4 is 10.1 Å². The average molecular weight is 513 g/mol. The highest BCUT2D eigenvalue weighted by atomic mass is 16.9. The van der Waals surface area contributed by atoms with Gasteiger partial charge in [-0.2, -0.15) is 0 Å². The molecule has 5 saturated carbocycles. The molecule has 5 aliphatic carbocycles. The number of phenols is 1. The molecular weight excluding hydrogens is 476 g/mol. The van der Waals surface area contributed by atoms with E-state index >= 15 is 0 Å². The number of nitrogens with one attached hydrogen (secondary N) is 1. The molecule has 4 atom stereocenters. The van der Waals surface area contributed by atoms with Crippen LogP contribution >= 0.6 is 0 Å². The van der Waals surface area contributed by atoms with Crippen LogP contribution in [-0.2, 0) is 19.8 Å². The lowest BCUT2D eigenvalue weighted by Gasteiger charge is -2.61. The van der Waals surface area contributed by atoms with Gasteiger partial charge in [-0.25, -0.2) is 0 Å². The lowest BCUT2D eigenvalue weighted by atomic mass is 9.42. The maximum Gasteiger partial charge on any atom is 0.294 e. The van der Waals surface area contributed by atoms with Crippen molar-refractivity contribution in [3.63, 3.8) is 0 Å². The Hall–Kier alpha value is -2.84. The standard InChI is InChI=1S/C28H36N2O7/c1-26(2)21-4-3-19(31)10-20(21)24-22(32)8-18(9-23(24)37-26)27-11-16-7-17(12-27)14-28(13-16,15-27)25(33)29-5-6-36-30(34)35/h8-9,16-17,20-21,32H,3-7,10-15H2,1-2H3,(H,29,33)/t16?,17?,20-,21-,27-,28-/m1/s1. The number of phenolic OH excluding ortho intramolecular Hbond substituents is 1. The largest absolute Gasteiger partial charge is 0.508 e. The fraction of sp³-hybridized carbons (Fsp3) is 0.714. The van der Waals surface area contributed by atoms with Gasteiger partial charge in [-0.3, -0.25) is 9.59 Å². The molecule has 2 N–H and O–H groups in total. The van der Waals surface area contributed by atoms with E-state index < -0.39 is 16.1 Å². The summed E-state index contributed by atoms with van der Waals surface area (Å²) in [6.07, 6.45) is 7.22. The van der Waals surface area contributed by atoms with Gasteiger partial charge in [-0.1, -0.05) is 0 Å². The molecule has 2 unspecified atom stereocenters. The van der Waals surface area contributed by atoms with Crippen LogP contribution in [0.1, 0.15) is 88.7 Å². The smallest absolute Gasteiger partial charge is 0.294 e. The van der Waals surface area contributed by atoms with Crippen LogP contribution in [0.3, 0.4) is 0 Å². The number of ether oxygens (including phenoxy) is 1. The predicted octanol–water partition coefficient (Wildman–Crippen LogP) is 4.18. The highest BCUT2D eigenvalue weighted by Gasteiger charge is 2.61. The van der Waals surface area contributed by atoms with Crippen molar-refractivity contribution in [2.24, 2.45) is 23.2 Å². The number of benzene rings is 1. The summed E-state index contributed by atoms with van der Waals surface area (Å²) in [7, 11) is 0. The summed E-state index contributed by atoms with van der Waals surface area (Å²) in [6, 6.07) is 3.98. The van der Waals surface area contributed by atoms with Crippen LogP contribution in [0.2, 0.25) is 0 Å². The molecule has 4 bridgehead atoms. The van der Waals surface area contributed by atoms with E-state index in [4.69, 9.17) is 4.74 Å². The molecule has 7 rings (SSSR count). The number of rotatable bonds is 6. The molecular formula is C28H36N2O7. The summed E-state index contributed by atoms with van der Waals surface area (Å²) < 4.78 is 6.55. The Balaban J connectivity index is 1.32. The summed E-state index contributed by atoms with van der Waals surface area (Å²) >= 11 is 0. The van der Waals surface area contributed by atoms with Crippen molar-refractivity contribution >= 4 is 11.7 Å². The number of carbonyl (C=O) groups excluding carboxylic acids is 2. The molecule has 1 aliphatic heterocycles. The number of fused-ring (bicyclic) bond motifs is 3. The molecule has 1 heterocycles. The second-order valence-electron chi connectivity index (χ2n) is 12.9. The van der Waals surface area contributed by atoms with Crippen molar-refractivity contribution in [2.75, 3.05) is 13.2 Å². The van der Waals surface area contributed by atoms with E-state index in [1.807, 2.05) is 6.07 Å². The van der Waals surface area contributed by atoms with E-state index in [9.17, 15) is 24.8 Å². The Morgan fingerprint density at radius 3 is 2.68 bits per heavy atom. The van der Waals surface area contributed by atoms with Crippen LogP contribution in [0, 0.1) is 33.3 Å². The molecule has 5 fully saturated rings. The van der Waals surface area contributed by atoms with Crippen molar-refractivity contribution in [3.05, 3.63) is 33.4 Å². The Kier molecular flexibility index (Phi) is 5.52. The van der Waals surface area contributed by atoms with Gasteiger partial charge in [0.2, 0.25) is 5.91 Å². The van der Waals surface area contributed by atoms with Gasteiger partial charge < -0.3 is 20.0 Å². The van der Waals surface area contributed by atoms with Crippen molar-refractivity contribution < 1.29 is 29.4 Å². The molecule has 0 spiro atoms. The first-order valence-electron chi connectivity index (χ1n) is 13.6. The normalized spacial score (nSPS) is 36.8. The molecule has 0 radical (unpaired) electrons. The Bertz CT molecular complexity index is 1150. The van der Waals surface area contributed by atoms with E-state index in [0.29, 0.717) is 36.8 Å². The summed E-state index contributed by atoms with van der Waals surface area (Å²) in [4.78, 5) is 40.6. The summed E-state index contributed by atoms with van der Waals surface area (Å²) in [5.74, 6) is 2.09. The van der Waals surface area contributed by atoms with Crippen LogP contribution in [0.25, 0.3) is 0 Å². The summed E-state index contributed by atoms with van der Waals surface area (Å²) in [5, 5.41) is 23.9. The fourth-order valence-electron chi connectivity index (χ4n) is 9.22. The minimum Gasteiger partial charge on any atom is -0.508 e. The van der Waals surface area contributed by atoms with Gasteiger partial charge in [-0.05, 0) is 93.7 Å². The Labute approximate surface area is 216 Å². The van der Waals surface area contributed by atoms with E-state index in [-0.39, 0.29) is 47.8 Å². The molecule has 9 heteroatoms. The zero-order valence-electron chi connectivity index (χ0n) is 21.6. The summed E-state index contributed by atoms with van der Waals surface area (Å²) in [6.45, 7) is 4.11. The van der Waals surface area contributed by atoms with Crippen LogP contribution in [-0.4, -0.2) is 40.6 Å². The van der Waals surface area contributed by atoms with Crippen molar-refractivity contribution in [3.8, 4) is 11.5 Å². The van der Waals surface area contributed by atoms with E-state index in [1.165, 1.54) is 0 Å². The molecule has 0 aromatic heterocycles. The first-order valence-corrected chi connectivity index (χ1v) is 13.6. The van der Waals surface area contributed by atoms with E-state index in [0.717, 1.165) is 49.7 Å². The van der Waals surface area contributed by atoms with Gasteiger partial charge in [0.1, 0.15) is 29.5 Å². The van der Waals surface area contributed by atoms with Gasteiger partial charge >= 0.3 is 0 Å². The van der Waals surface area contributed by atoms with Crippen molar-refractivity contribution in [1.82, 2.24) is 5.32 Å². The number of ketones is 1. The number of hydrogen-bond donors (Lipinski definition) is 2. The predicted molar refractivity (Wildman–Crippen MR) is 133 cm³/mol. The third-order valence-corrected chi connectivity index (χ3v) is 10.2. The first kappa shape index (κ1) is 24.5. The third-order valence-electron chi connectivity index (χ3n) is 10.2. The van der Waals surface area contributed by atoms with Crippen LogP contribution in [0.15, 0.2) is 12.1 Å². The highest BCUT2D eigenvalue weighted by molar-refractivity contribution is 5.83. The molecule has 1 aromatic carbocycles. The van der Waals surface area contributed by atoms with Gasteiger partial charge in [-0.15, -0.1) is 10.1 Å². The van der Waals surface area contributed by atoms with Gasteiger partial charge in [0, 0.05) is 36.8 Å². The van der Waals surface area contributed by atoms with Crippen LogP contribution in [0.5, 0.6) is 11.5 Å². The molecule has 37 heavy (non-hydrogen) atoms. The maximum absolute atomic E-state index is 13.4. The number of hydrogen-bond acceptors (Lipinski definition) is 7. The maximum atomic E-state index is 13.4. The van der Waals surface area contributed by atoms with Gasteiger partial charge in [0.25, 0.3) is 5.09 Å². The van der Waals surface area contributed by atoms with Crippen molar-refractivity contribution in [1.29, 1.82) is 0 Å². The second kappa shape index (κ2) is 8.33. The molecule has 0 saturated heterocycles. The quantitative estimate of drug-likeness (QED) is 0.332. The third kappa shape index (κ3) is 3.96. The SMILES string of the molecule is CC1(C)Oc2cc([C@]34CC5CC(C[C@@](C(=O)NCCO[N+](=O)[O-])(C5)C3)C4)cc(O)c2[C@@H]2CC(=O)CC[C@H]21. The molecule has 1 aromatic rings. The van der Waals surface area contributed by atoms with E-state index in [1.54, 1.807) is 0 Å². The Morgan fingerprint density at radius 1 is 1.24 bits per heavy atom. The number of carbonyl (C=O) groups is 2. The number of nitrogens with zero attached hydrogens (tertiary/aromatic N) is 1. The van der Waals surface area contributed by atoms with Crippen molar-refractivity contribution in [2.45, 2.75) is 88.6 Å². The monoisotopic (exact) mass is 512 g/mol. The zero-order chi connectivity index (χ0) is 26.2. The summed E-state index contributed by atoms with van der Waals surface area (Å²) in [5.41, 5.74) is 0.633. The molecule has 200 valence electrons. The Morgan fingerprint density at radius 2 is 1.97 bits per heavy atom. The lowest BCUT2D eigenvalue weighted by Crippen LogP contribution is -2.59. The molecule has 6 aliphatic rings. The second-order valence-corrected chi connectivity index (χ2v) is 12.9. The lowest BCUT2D eigenvalue weighted by molar-refractivity contribution is -0.757. The minimum atomic E-state index is -0.844. The van der Waals surface area contributed by atoms with Gasteiger partial charge in [0.05, 0.1) is 5.41 Å². The molecule has 9 nitrogen and oxygen atoms in total. The number of amides is 1. The van der Waals surface area contributed by atoms with E-state index in [2.05, 4.69) is 30.1 Å². The topological polar surface area (TPSA) is 128 Å². The first-order chi connectivity index (χ1) is 17.5. The number of aromatic hydroxyl groups is 1. The number of Topliss-reactive ketones (excluding diaryl/α,β-unsaturated/α-hetero) is 1. The zero-order valence-corrected chi connectivity index (χ0v) is 21.6. The van der Waals surface area contributed by atoms with Crippen LogP contribution in [0.4, 0.5) is 0 Å². The fourth-order valence-corrected chi connectivity index (χ4v) is 9.22. The average Bonchev–Trinajstić information content (AvgIpc) is 2.79.